The van der Waals surface area contributed by atoms with Gasteiger partial charge in [0, 0.05) is 37.6 Å². The van der Waals surface area contributed by atoms with E-state index in [4.69, 9.17) is 4.74 Å². The van der Waals surface area contributed by atoms with Crippen molar-refractivity contribution < 1.29 is 9.53 Å². The Morgan fingerprint density at radius 1 is 1.03 bits per heavy atom. The number of hydrogen-bond donors (Lipinski definition) is 1. The number of carbonyl (C=O) groups excluding carboxylic acids is 1. The van der Waals surface area contributed by atoms with Crippen LogP contribution in [0.1, 0.15) is 18.4 Å². The van der Waals surface area contributed by atoms with E-state index in [0.717, 1.165) is 54.3 Å². The predicted molar refractivity (Wildman–Crippen MR) is 139 cm³/mol. The van der Waals surface area contributed by atoms with E-state index in [1.807, 2.05) is 77.5 Å². The van der Waals surface area contributed by atoms with Crippen molar-refractivity contribution in [1.29, 1.82) is 0 Å². The van der Waals surface area contributed by atoms with Crippen LogP contribution in [-0.4, -0.2) is 52.4 Å². The van der Waals surface area contributed by atoms with Gasteiger partial charge in [-0.15, -0.1) is 10.2 Å². The predicted octanol–water partition coefficient (Wildman–Crippen LogP) is 3.91. The Bertz CT molecular complexity index is 1290. The Labute approximate surface area is 211 Å². The summed E-state index contributed by atoms with van der Waals surface area (Å²) in [5.74, 6) is 3.18. The molecule has 1 aliphatic rings. The van der Waals surface area contributed by atoms with E-state index in [0.29, 0.717) is 18.9 Å². The molecule has 8 nitrogen and oxygen atoms in total. The molecule has 0 saturated carbocycles. The summed E-state index contributed by atoms with van der Waals surface area (Å²) in [4.78, 5) is 19.5. The van der Waals surface area contributed by atoms with Crippen LogP contribution < -0.4 is 15.0 Å². The first-order valence-corrected chi connectivity index (χ1v) is 12.3. The fourth-order valence-corrected chi connectivity index (χ4v) is 4.68. The maximum Gasteiger partial charge on any atom is 0.224 e. The number of carbonyl (C=O) groups is 1. The van der Waals surface area contributed by atoms with Crippen LogP contribution in [0.5, 0.6) is 5.75 Å². The summed E-state index contributed by atoms with van der Waals surface area (Å²) in [5, 5.41) is 12.1. The summed E-state index contributed by atoms with van der Waals surface area (Å²) in [7, 11) is 1.67. The fraction of sp³-hybridized carbons (Fsp3) is 0.286. The number of rotatable bonds is 8. The number of aromatic nitrogens is 4. The van der Waals surface area contributed by atoms with Gasteiger partial charge in [0.05, 0.1) is 13.0 Å². The summed E-state index contributed by atoms with van der Waals surface area (Å²) in [6.45, 7) is 2.08. The summed E-state index contributed by atoms with van der Waals surface area (Å²) in [6.07, 6.45) is 6.20. The maximum absolute atomic E-state index is 12.9. The van der Waals surface area contributed by atoms with Gasteiger partial charge in [-0.1, -0.05) is 48.5 Å². The summed E-state index contributed by atoms with van der Waals surface area (Å²) in [6, 6.07) is 21.8. The number of ether oxygens (including phenoxy) is 1. The minimum absolute atomic E-state index is 0.0729. The average Bonchev–Trinajstić information content (AvgIpc) is 3.44. The lowest BCUT2D eigenvalue weighted by Crippen LogP contribution is -2.43. The first-order valence-electron chi connectivity index (χ1n) is 12.3. The molecule has 1 aliphatic heterocycles. The summed E-state index contributed by atoms with van der Waals surface area (Å²) in [5.41, 5.74) is 2.11. The molecule has 1 saturated heterocycles. The van der Waals surface area contributed by atoms with Gasteiger partial charge in [0.15, 0.2) is 11.6 Å². The second kappa shape index (κ2) is 11.0. The first kappa shape index (κ1) is 23.5. The maximum atomic E-state index is 12.9. The molecular formula is C28H30N6O2. The van der Waals surface area contributed by atoms with E-state index in [1.54, 1.807) is 13.3 Å². The molecule has 3 heterocycles. The summed E-state index contributed by atoms with van der Waals surface area (Å²) >= 11 is 0. The third-order valence-corrected chi connectivity index (χ3v) is 6.56. The van der Waals surface area contributed by atoms with Gasteiger partial charge in [-0.05, 0) is 43.0 Å². The van der Waals surface area contributed by atoms with Gasteiger partial charge in [-0.2, -0.15) is 0 Å². The minimum Gasteiger partial charge on any atom is -0.496 e. The largest absolute Gasteiger partial charge is 0.496 e. The van der Waals surface area contributed by atoms with Crippen molar-refractivity contribution >= 4 is 11.7 Å². The Morgan fingerprint density at radius 2 is 1.81 bits per heavy atom. The average molecular weight is 483 g/mol. The van der Waals surface area contributed by atoms with Crippen LogP contribution in [0.2, 0.25) is 0 Å². The van der Waals surface area contributed by atoms with Gasteiger partial charge in [-0.3, -0.25) is 9.36 Å². The molecule has 2 aromatic heterocycles. The molecule has 5 rings (SSSR count). The zero-order valence-corrected chi connectivity index (χ0v) is 20.4. The van der Waals surface area contributed by atoms with Crippen molar-refractivity contribution in [2.45, 2.75) is 19.3 Å². The lowest BCUT2D eigenvalue weighted by molar-refractivity contribution is -0.125. The molecule has 1 N–H and O–H groups in total. The Hall–Kier alpha value is -4.20. The molecule has 36 heavy (non-hydrogen) atoms. The molecule has 1 fully saturated rings. The van der Waals surface area contributed by atoms with Crippen LogP contribution in [0.25, 0.3) is 17.2 Å². The highest BCUT2D eigenvalue weighted by molar-refractivity contribution is 5.79. The molecule has 1 atom stereocenters. The normalized spacial score (nSPS) is 15.5. The number of nitrogens with zero attached hydrogens (tertiary/aromatic N) is 5. The van der Waals surface area contributed by atoms with Crippen LogP contribution >= 0.6 is 0 Å². The standard InChI is InChI=1S/C28H30N6O2/c1-36-24-12-6-5-8-21(24)15-16-30-28(35)23-11-7-18-33(20-23)25-13-14-26(32-31-25)34-19-17-29-27(34)22-9-3-2-4-10-22/h2-6,8-10,12-14,17,19,23H,7,11,15-16,18,20H2,1H3,(H,30,35). The van der Waals surface area contributed by atoms with E-state index in [9.17, 15) is 4.79 Å². The second-order valence-corrected chi connectivity index (χ2v) is 8.87. The highest BCUT2D eigenvalue weighted by Gasteiger charge is 2.26. The lowest BCUT2D eigenvalue weighted by atomic mass is 9.97. The van der Waals surface area contributed by atoms with E-state index < -0.39 is 0 Å². The number of nitrogens with one attached hydrogen (secondary N) is 1. The van der Waals surface area contributed by atoms with Crippen LogP contribution in [-0.2, 0) is 11.2 Å². The third kappa shape index (κ3) is 5.22. The van der Waals surface area contributed by atoms with Crippen molar-refractivity contribution in [2.75, 3.05) is 31.6 Å². The zero-order valence-electron chi connectivity index (χ0n) is 20.4. The fourth-order valence-electron chi connectivity index (χ4n) is 4.68. The number of benzene rings is 2. The molecule has 8 heteroatoms. The number of para-hydroxylation sites is 1. The number of piperidine rings is 1. The van der Waals surface area contributed by atoms with Crippen molar-refractivity contribution in [3.05, 3.63) is 84.7 Å². The van der Waals surface area contributed by atoms with Crippen LogP contribution in [0.3, 0.4) is 0 Å². The molecule has 0 bridgehead atoms. The monoisotopic (exact) mass is 482 g/mol. The first-order chi connectivity index (χ1) is 17.7. The van der Waals surface area contributed by atoms with Gasteiger partial charge < -0.3 is 15.0 Å². The Balaban J connectivity index is 1.20. The van der Waals surface area contributed by atoms with Crippen molar-refractivity contribution in [1.82, 2.24) is 25.1 Å². The SMILES string of the molecule is COc1ccccc1CCNC(=O)C1CCCN(c2ccc(-n3ccnc3-c3ccccc3)nn2)C1. The number of amides is 1. The quantitative estimate of drug-likeness (QED) is 0.410. The molecule has 1 amide bonds. The third-order valence-electron chi connectivity index (χ3n) is 6.56. The van der Waals surface area contributed by atoms with E-state index in [2.05, 4.69) is 25.4 Å². The topological polar surface area (TPSA) is 85.2 Å². The molecule has 2 aromatic carbocycles. The highest BCUT2D eigenvalue weighted by atomic mass is 16.5. The number of methoxy groups -OCH3 is 1. The van der Waals surface area contributed by atoms with Gasteiger partial charge in [0.25, 0.3) is 0 Å². The molecule has 0 aliphatic carbocycles. The Kier molecular flexibility index (Phi) is 7.21. The summed E-state index contributed by atoms with van der Waals surface area (Å²) < 4.78 is 7.34. The van der Waals surface area contributed by atoms with Crippen molar-refractivity contribution in [2.24, 2.45) is 5.92 Å². The second-order valence-electron chi connectivity index (χ2n) is 8.87. The van der Waals surface area contributed by atoms with Gasteiger partial charge in [0.2, 0.25) is 5.91 Å². The lowest BCUT2D eigenvalue weighted by Gasteiger charge is -2.32. The van der Waals surface area contributed by atoms with Crippen LogP contribution in [0.4, 0.5) is 5.82 Å². The number of anilines is 1. The molecule has 0 spiro atoms. The van der Waals surface area contributed by atoms with Gasteiger partial charge >= 0.3 is 0 Å². The van der Waals surface area contributed by atoms with E-state index in [1.165, 1.54) is 0 Å². The van der Waals surface area contributed by atoms with Crippen LogP contribution in [0.15, 0.2) is 79.1 Å². The molecule has 0 radical (unpaired) electrons. The molecule has 1 unspecified atom stereocenters. The van der Waals surface area contributed by atoms with E-state index >= 15 is 0 Å². The van der Waals surface area contributed by atoms with Crippen molar-refractivity contribution in [3.8, 4) is 23.0 Å². The minimum atomic E-state index is -0.0729. The van der Waals surface area contributed by atoms with Gasteiger partial charge in [-0.25, -0.2) is 4.98 Å². The molecule has 4 aromatic rings. The Morgan fingerprint density at radius 3 is 2.61 bits per heavy atom. The highest BCUT2D eigenvalue weighted by Crippen LogP contribution is 2.24. The number of imidazole rings is 1. The molecule has 184 valence electrons. The van der Waals surface area contributed by atoms with E-state index in [-0.39, 0.29) is 11.8 Å². The van der Waals surface area contributed by atoms with Crippen LogP contribution in [0, 0.1) is 5.92 Å². The zero-order chi connectivity index (χ0) is 24.7. The van der Waals surface area contributed by atoms with Gasteiger partial charge in [0.1, 0.15) is 11.6 Å². The smallest absolute Gasteiger partial charge is 0.224 e. The van der Waals surface area contributed by atoms with Crippen molar-refractivity contribution in [3.63, 3.8) is 0 Å². The number of hydrogen-bond acceptors (Lipinski definition) is 6. The molecular weight excluding hydrogens is 452 g/mol.